The maximum absolute atomic E-state index is 13.7. The molecule has 0 bridgehead atoms. The van der Waals surface area contributed by atoms with Gasteiger partial charge in [-0.2, -0.15) is 0 Å². The molecule has 0 heterocycles. The third-order valence-electron chi connectivity index (χ3n) is 2.82. The van der Waals surface area contributed by atoms with Gasteiger partial charge in [0.2, 0.25) is 0 Å². The molecule has 2 rings (SSSR count). The van der Waals surface area contributed by atoms with Gasteiger partial charge >= 0.3 is 0 Å². The average Bonchev–Trinajstić information content (AvgIpc) is 2.41. The van der Waals surface area contributed by atoms with Gasteiger partial charge in [0.1, 0.15) is 12.4 Å². The maximum Gasteiger partial charge on any atom is 0.165 e. The molecule has 0 spiro atoms. The lowest BCUT2D eigenvalue weighted by atomic mass is 10.1. The van der Waals surface area contributed by atoms with Gasteiger partial charge in [-0.15, -0.1) is 0 Å². The summed E-state index contributed by atoms with van der Waals surface area (Å²) >= 11 is 5.65. The fraction of sp³-hybridized carbons (Fsp3) is 0.200. The van der Waals surface area contributed by atoms with Gasteiger partial charge in [-0.3, -0.25) is 0 Å². The van der Waals surface area contributed by atoms with Crippen molar-refractivity contribution in [2.45, 2.75) is 19.6 Å². The number of hydrogen-bond acceptors (Lipinski definition) is 2. The van der Waals surface area contributed by atoms with Crippen LogP contribution in [0.2, 0.25) is 5.02 Å². The summed E-state index contributed by atoms with van der Waals surface area (Å²) in [7, 11) is 0. The molecule has 1 atom stereocenters. The Kier molecular flexibility index (Phi) is 4.57. The predicted octanol–water partition coefficient (Wildman–Crippen LogP) is 4.25. The summed E-state index contributed by atoms with van der Waals surface area (Å²) in [5.74, 6) is -1.01. The van der Waals surface area contributed by atoms with Gasteiger partial charge in [-0.25, -0.2) is 8.78 Å². The second kappa shape index (κ2) is 6.20. The highest BCUT2D eigenvalue weighted by atomic mass is 35.5. The molecule has 0 amide bonds. The monoisotopic (exact) mass is 298 g/mol. The van der Waals surface area contributed by atoms with Crippen molar-refractivity contribution in [1.29, 1.82) is 0 Å². The molecule has 0 aliphatic heterocycles. The van der Waals surface area contributed by atoms with Gasteiger partial charge < -0.3 is 9.84 Å². The second-order valence-corrected chi connectivity index (χ2v) is 4.81. The van der Waals surface area contributed by atoms with Gasteiger partial charge in [0.25, 0.3) is 0 Å². The summed E-state index contributed by atoms with van der Waals surface area (Å²) in [6.07, 6.45) is -0.741. The maximum atomic E-state index is 13.7. The molecule has 5 heteroatoms. The third-order valence-corrected chi connectivity index (χ3v) is 3.11. The minimum absolute atomic E-state index is 0.00368. The Hall–Kier alpha value is -1.65. The Labute approximate surface area is 120 Å². The Morgan fingerprint density at radius 2 is 1.90 bits per heavy atom. The largest absolute Gasteiger partial charge is 0.486 e. The van der Waals surface area contributed by atoms with Gasteiger partial charge in [0.05, 0.1) is 11.1 Å². The molecule has 0 aliphatic carbocycles. The van der Waals surface area contributed by atoms with Crippen LogP contribution in [0, 0.1) is 11.6 Å². The number of aliphatic hydroxyl groups is 1. The lowest BCUT2D eigenvalue weighted by Gasteiger charge is -2.10. The molecular weight excluding hydrogens is 286 g/mol. The smallest absolute Gasteiger partial charge is 0.165 e. The minimum atomic E-state index is -0.741. The summed E-state index contributed by atoms with van der Waals surface area (Å²) in [6, 6.07) is 8.43. The molecular formula is C15H13ClF2O2. The molecule has 106 valence electrons. The molecule has 2 aromatic carbocycles. The first-order valence-corrected chi connectivity index (χ1v) is 6.39. The van der Waals surface area contributed by atoms with Crippen LogP contribution in [0.3, 0.4) is 0 Å². The zero-order chi connectivity index (χ0) is 14.7. The fourth-order valence-electron chi connectivity index (χ4n) is 1.68. The van der Waals surface area contributed by atoms with Crippen molar-refractivity contribution >= 4 is 11.6 Å². The Morgan fingerprint density at radius 3 is 2.50 bits per heavy atom. The van der Waals surface area contributed by atoms with Gasteiger partial charge in [-0.1, -0.05) is 23.7 Å². The van der Waals surface area contributed by atoms with Crippen molar-refractivity contribution in [3.05, 3.63) is 64.2 Å². The van der Waals surface area contributed by atoms with Crippen molar-refractivity contribution < 1.29 is 18.6 Å². The number of hydrogen-bond donors (Lipinski definition) is 1. The summed E-state index contributed by atoms with van der Waals surface area (Å²) < 4.78 is 32.0. The van der Waals surface area contributed by atoms with Crippen LogP contribution < -0.4 is 4.74 Å². The zero-order valence-corrected chi connectivity index (χ0v) is 11.5. The van der Waals surface area contributed by atoms with Crippen molar-refractivity contribution in [2.75, 3.05) is 0 Å². The van der Waals surface area contributed by atoms with Crippen LogP contribution in [0.1, 0.15) is 24.2 Å². The number of halogens is 3. The normalized spacial score (nSPS) is 12.2. The topological polar surface area (TPSA) is 29.5 Å². The molecule has 1 N–H and O–H groups in total. The SMILES string of the molecule is C[C@@H](O)c1ccc(OCc2ccc(F)c(Cl)c2)c(F)c1. The standard InChI is InChI=1S/C15H13ClF2O2/c1-9(19)11-3-5-15(14(18)7-11)20-8-10-2-4-13(17)12(16)6-10/h2-7,9,19H,8H2,1H3/t9-/m1/s1. The Morgan fingerprint density at radius 1 is 1.15 bits per heavy atom. The van der Waals surface area contributed by atoms with Crippen LogP contribution in [0.5, 0.6) is 5.75 Å². The van der Waals surface area contributed by atoms with E-state index < -0.39 is 17.7 Å². The molecule has 0 unspecified atom stereocenters. The lowest BCUT2D eigenvalue weighted by molar-refractivity contribution is 0.198. The lowest BCUT2D eigenvalue weighted by Crippen LogP contribution is -1.99. The fourth-order valence-corrected chi connectivity index (χ4v) is 1.89. The second-order valence-electron chi connectivity index (χ2n) is 4.40. The van der Waals surface area contributed by atoms with E-state index in [-0.39, 0.29) is 17.4 Å². The summed E-state index contributed by atoms with van der Waals surface area (Å²) in [5.41, 5.74) is 1.11. The van der Waals surface area contributed by atoms with Crippen LogP contribution in [-0.2, 0) is 6.61 Å². The molecule has 0 radical (unpaired) electrons. The van der Waals surface area contributed by atoms with Gasteiger partial charge in [0, 0.05) is 0 Å². The Bertz CT molecular complexity index is 615. The van der Waals surface area contributed by atoms with Crippen molar-refractivity contribution in [3.63, 3.8) is 0 Å². The highest BCUT2D eigenvalue weighted by Crippen LogP contribution is 2.23. The third kappa shape index (κ3) is 3.46. The molecule has 0 saturated heterocycles. The van der Waals surface area contributed by atoms with Crippen LogP contribution in [-0.4, -0.2) is 5.11 Å². The van der Waals surface area contributed by atoms with E-state index in [2.05, 4.69) is 0 Å². The summed E-state index contributed by atoms with van der Waals surface area (Å²) in [6.45, 7) is 1.63. The van der Waals surface area contributed by atoms with E-state index in [1.807, 2.05) is 0 Å². The number of ether oxygens (including phenoxy) is 1. The van der Waals surface area contributed by atoms with E-state index in [1.54, 1.807) is 13.0 Å². The van der Waals surface area contributed by atoms with Crippen LogP contribution in [0.15, 0.2) is 36.4 Å². The average molecular weight is 299 g/mol. The summed E-state index contributed by atoms with van der Waals surface area (Å²) in [5, 5.41) is 9.34. The first kappa shape index (κ1) is 14.8. The number of rotatable bonds is 4. The molecule has 0 fully saturated rings. The van der Waals surface area contributed by atoms with E-state index in [0.717, 1.165) is 0 Å². The molecule has 0 saturated carbocycles. The van der Waals surface area contributed by atoms with Crippen LogP contribution in [0.4, 0.5) is 8.78 Å². The molecule has 0 aliphatic rings. The van der Waals surface area contributed by atoms with Gasteiger partial charge in [0.15, 0.2) is 11.6 Å². The van der Waals surface area contributed by atoms with Gasteiger partial charge in [-0.05, 0) is 42.3 Å². The zero-order valence-electron chi connectivity index (χ0n) is 10.7. The highest BCUT2D eigenvalue weighted by Gasteiger charge is 2.09. The summed E-state index contributed by atoms with van der Waals surface area (Å²) in [4.78, 5) is 0. The minimum Gasteiger partial charge on any atom is -0.486 e. The molecule has 2 aromatic rings. The molecule has 20 heavy (non-hydrogen) atoms. The first-order chi connectivity index (χ1) is 9.47. The number of benzene rings is 2. The van der Waals surface area contributed by atoms with Crippen LogP contribution in [0.25, 0.3) is 0 Å². The number of aliphatic hydroxyl groups excluding tert-OH is 1. The molecule has 2 nitrogen and oxygen atoms in total. The first-order valence-electron chi connectivity index (χ1n) is 6.01. The van der Waals surface area contributed by atoms with Crippen molar-refractivity contribution in [3.8, 4) is 5.75 Å². The quantitative estimate of drug-likeness (QED) is 0.914. The Balaban J connectivity index is 2.09. The highest BCUT2D eigenvalue weighted by molar-refractivity contribution is 6.30. The van der Waals surface area contributed by atoms with Crippen molar-refractivity contribution in [2.24, 2.45) is 0 Å². The van der Waals surface area contributed by atoms with E-state index >= 15 is 0 Å². The van der Waals surface area contributed by atoms with E-state index in [0.29, 0.717) is 11.1 Å². The van der Waals surface area contributed by atoms with E-state index in [9.17, 15) is 13.9 Å². The van der Waals surface area contributed by atoms with E-state index in [1.165, 1.54) is 30.3 Å². The van der Waals surface area contributed by atoms with E-state index in [4.69, 9.17) is 16.3 Å². The predicted molar refractivity (Wildman–Crippen MR) is 72.8 cm³/mol. The molecule has 0 aromatic heterocycles. The van der Waals surface area contributed by atoms with Crippen LogP contribution >= 0.6 is 11.6 Å². The van der Waals surface area contributed by atoms with Crippen molar-refractivity contribution in [1.82, 2.24) is 0 Å².